The van der Waals surface area contributed by atoms with Gasteiger partial charge in [0, 0.05) is 12.8 Å². The first-order valence-electron chi connectivity index (χ1n) is 6.95. The summed E-state index contributed by atoms with van der Waals surface area (Å²) in [6, 6.07) is 9.96. The third-order valence-electron chi connectivity index (χ3n) is 3.09. The van der Waals surface area contributed by atoms with Crippen LogP contribution in [0.4, 0.5) is 0 Å². The Kier molecular flexibility index (Phi) is 6.88. The first-order valence-corrected chi connectivity index (χ1v) is 6.95. The Hall–Kier alpha value is -1.63. The highest BCUT2D eigenvalue weighted by molar-refractivity contribution is 5.83. The first-order chi connectivity index (χ1) is 9.11. The van der Waals surface area contributed by atoms with Gasteiger partial charge in [0.25, 0.3) is 0 Å². The molecule has 1 aromatic carbocycles. The molecule has 0 bridgehead atoms. The molecule has 0 radical (unpaired) electrons. The van der Waals surface area contributed by atoms with Gasteiger partial charge in [-0.15, -0.1) is 0 Å². The SMILES string of the molecule is C/C=C(/CCC=C(C)C)CC(=O)Cc1ccccc1. The third-order valence-corrected chi connectivity index (χ3v) is 3.09. The molecule has 1 rings (SSSR count). The number of Topliss-reactive ketones (excluding diaryl/α,β-unsaturated/α-hetero) is 1. The Labute approximate surface area is 117 Å². The second-order valence-corrected chi connectivity index (χ2v) is 5.14. The number of benzene rings is 1. The minimum atomic E-state index is 0.302. The lowest BCUT2D eigenvalue weighted by atomic mass is 9.99. The molecular weight excluding hydrogens is 232 g/mol. The number of rotatable bonds is 7. The van der Waals surface area contributed by atoms with Crippen LogP contribution in [0, 0.1) is 0 Å². The normalized spacial score (nSPS) is 11.2. The maximum atomic E-state index is 12.0. The molecule has 0 saturated heterocycles. The van der Waals surface area contributed by atoms with Crippen molar-refractivity contribution in [2.45, 2.75) is 46.5 Å². The third kappa shape index (κ3) is 6.76. The summed E-state index contributed by atoms with van der Waals surface area (Å²) in [6.07, 6.45) is 7.46. The van der Waals surface area contributed by atoms with Gasteiger partial charge in [-0.05, 0) is 39.2 Å². The molecule has 0 N–H and O–H groups in total. The fraction of sp³-hybridized carbons (Fsp3) is 0.389. The van der Waals surface area contributed by atoms with Crippen molar-refractivity contribution in [3.05, 3.63) is 59.2 Å². The quantitative estimate of drug-likeness (QED) is 0.635. The Morgan fingerprint density at radius 1 is 1.16 bits per heavy atom. The fourth-order valence-electron chi connectivity index (χ4n) is 2.02. The number of carbonyl (C=O) groups excluding carboxylic acids is 1. The zero-order valence-corrected chi connectivity index (χ0v) is 12.3. The van der Waals surface area contributed by atoms with Crippen molar-refractivity contribution in [1.82, 2.24) is 0 Å². The van der Waals surface area contributed by atoms with Crippen LogP contribution >= 0.6 is 0 Å². The van der Waals surface area contributed by atoms with Gasteiger partial charge in [0.15, 0.2) is 0 Å². The van der Waals surface area contributed by atoms with E-state index in [1.54, 1.807) is 0 Å². The Morgan fingerprint density at radius 3 is 2.42 bits per heavy atom. The van der Waals surface area contributed by atoms with E-state index in [4.69, 9.17) is 0 Å². The molecule has 0 unspecified atom stereocenters. The van der Waals surface area contributed by atoms with Crippen molar-refractivity contribution in [3.8, 4) is 0 Å². The zero-order valence-electron chi connectivity index (χ0n) is 12.3. The summed E-state index contributed by atoms with van der Waals surface area (Å²) in [4.78, 5) is 12.0. The highest BCUT2D eigenvalue weighted by atomic mass is 16.1. The van der Waals surface area contributed by atoms with Crippen molar-refractivity contribution in [3.63, 3.8) is 0 Å². The van der Waals surface area contributed by atoms with Gasteiger partial charge in [0.2, 0.25) is 0 Å². The van der Waals surface area contributed by atoms with Crippen LogP contribution in [-0.2, 0) is 11.2 Å². The molecule has 0 aliphatic rings. The van der Waals surface area contributed by atoms with E-state index in [9.17, 15) is 4.79 Å². The van der Waals surface area contributed by atoms with Gasteiger partial charge in [-0.25, -0.2) is 0 Å². The second-order valence-electron chi connectivity index (χ2n) is 5.14. The highest BCUT2D eigenvalue weighted by Crippen LogP contribution is 2.13. The lowest BCUT2D eigenvalue weighted by Gasteiger charge is -2.05. The fourth-order valence-corrected chi connectivity index (χ4v) is 2.02. The molecule has 0 spiro atoms. The van der Waals surface area contributed by atoms with E-state index >= 15 is 0 Å². The van der Waals surface area contributed by atoms with Crippen LogP contribution in [0.25, 0.3) is 0 Å². The summed E-state index contributed by atoms with van der Waals surface area (Å²) in [5.74, 6) is 0.302. The van der Waals surface area contributed by atoms with E-state index in [-0.39, 0.29) is 0 Å². The minimum Gasteiger partial charge on any atom is -0.299 e. The molecule has 0 aliphatic heterocycles. The summed E-state index contributed by atoms with van der Waals surface area (Å²) < 4.78 is 0. The predicted octanol–water partition coefficient (Wildman–Crippen LogP) is 4.88. The second kappa shape index (κ2) is 8.47. The summed E-state index contributed by atoms with van der Waals surface area (Å²) in [6.45, 7) is 6.24. The van der Waals surface area contributed by atoms with Crippen LogP contribution in [0.1, 0.15) is 45.6 Å². The Bertz CT molecular complexity index is 448. The Balaban J connectivity index is 2.44. The van der Waals surface area contributed by atoms with Crippen molar-refractivity contribution in [1.29, 1.82) is 0 Å². The number of hydrogen-bond donors (Lipinski definition) is 0. The first kappa shape index (κ1) is 15.4. The molecule has 0 amide bonds. The number of hydrogen-bond acceptors (Lipinski definition) is 1. The van der Waals surface area contributed by atoms with Gasteiger partial charge in [-0.3, -0.25) is 4.79 Å². The van der Waals surface area contributed by atoms with Crippen LogP contribution in [0.5, 0.6) is 0 Å². The highest BCUT2D eigenvalue weighted by Gasteiger charge is 2.06. The molecule has 0 atom stereocenters. The van der Waals surface area contributed by atoms with Gasteiger partial charge in [0.1, 0.15) is 5.78 Å². The monoisotopic (exact) mass is 256 g/mol. The van der Waals surface area contributed by atoms with Crippen LogP contribution in [0.15, 0.2) is 53.6 Å². The largest absolute Gasteiger partial charge is 0.299 e. The van der Waals surface area contributed by atoms with Crippen molar-refractivity contribution in [2.24, 2.45) is 0 Å². The van der Waals surface area contributed by atoms with E-state index in [2.05, 4.69) is 26.0 Å². The molecule has 0 saturated carbocycles. The smallest absolute Gasteiger partial charge is 0.141 e. The average molecular weight is 256 g/mol. The van der Waals surface area contributed by atoms with Crippen LogP contribution in [0.2, 0.25) is 0 Å². The minimum absolute atomic E-state index is 0.302. The topological polar surface area (TPSA) is 17.1 Å². The molecule has 1 nitrogen and oxygen atoms in total. The van der Waals surface area contributed by atoms with Crippen molar-refractivity contribution < 1.29 is 4.79 Å². The molecule has 102 valence electrons. The lowest BCUT2D eigenvalue weighted by Crippen LogP contribution is -2.04. The summed E-state index contributed by atoms with van der Waals surface area (Å²) in [5, 5.41) is 0. The van der Waals surface area contributed by atoms with Crippen molar-refractivity contribution >= 4 is 5.78 Å². The van der Waals surface area contributed by atoms with E-state index in [1.165, 1.54) is 11.1 Å². The summed E-state index contributed by atoms with van der Waals surface area (Å²) in [5.41, 5.74) is 3.69. The van der Waals surface area contributed by atoms with Gasteiger partial charge < -0.3 is 0 Å². The van der Waals surface area contributed by atoms with Gasteiger partial charge in [-0.1, -0.05) is 53.6 Å². The Morgan fingerprint density at radius 2 is 1.84 bits per heavy atom. The molecular formula is C18H24O. The van der Waals surface area contributed by atoms with Crippen LogP contribution < -0.4 is 0 Å². The van der Waals surface area contributed by atoms with Crippen LogP contribution in [0.3, 0.4) is 0 Å². The summed E-state index contributed by atoms with van der Waals surface area (Å²) in [7, 11) is 0. The molecule has 0 fully saturated rings. The average Bonchev–Trinajstić information content (AvgIpc) is 2.38. The number of ketones is 1. The number of allylic oxidation sites excluding steroid dienone is 4. The van der Waals surface area contributed by atoms with E-state index in [0.717, 1.165) is 18.4 Å². The number of carbonyl (C=O) groups is 1. The van der Waals surface area contributed by atoms with Crippen LogP contribution in [-0.4, -0.2) is 5.78 Å². The predicted molar refractivity (Wildman–Crippen MR) is 82.2 cm³/mol. The summed E-state index contributed by atoms with van der Waals surface area (Å²) >= 11 is 0. The molecule has 1 heteroatoms. The van der Waals surface area contributed by atoms with E-state index in [1.807, 2.05) is 37.3 Å². The van der Waals surface area contributed by atoms with Gasteiger partial charge in [-0.2, -0.15) is 0 Å². The maximum absolute atomic E-state index is 12.0. The molecule has 0 aliphatic carbocycles. The van der Waals surface area contributed by atoms with E-state index < -0.39 is 0 Å². The molecule has 1 aromatic rings. The standard InChI is InChI=1S/C18H24O/c1-4-16(12-8-9-15(2)3)13-18(19)14-17-10-6-5-7-11-17/h4-7,9-11H,8,12-14H2,1-3H3/b16-4-. The van der Waals surface area contributed by atoms with Crippen molar-refractivity contribution in [2.75, 3.05) is 0 Å². The lowest BCUT2D eigenvalue weighted by molar-refractivity contribution is -0.117. The molecule has 19 heavy (non-hydrogen) atoms. The van der Waals surface area contributed by atoms with Gasteiger partial charge in [0.05, 0.1) is 0 Å². The van der Waals surface area contributed by atoms with Gasteiger partial charge >= 0.3 is 0 Å². The van der Waals surface area contributed by atoms with E-state index in [0.29, 0.717) is 18.6 Å². The molecule has 0 heterocycles. The maximum Gasteiger partial charge on any atom is 0.141 e. The molecule has 0 aromatic heterocycles. The zero-order chi connectivity index (χ0) is 14.1.